The molecule has 1 aromatic carbocycles. The molecule has 1 N–H and O–H groups in total. The zero-order valence-corrected chi connectivity index (χ0v) is 12.5. The van der Waals surface area contributed by atoms with E-state index in [9.17, 15) is 14.4 Å². The summed E-state index contributed by atoms with van der Waals surface area (Å²) in [5, 5.41) is 2.47. The number of esters is 1. The Bertz CT molecular complexity index is 569. The van der Waals surface area contributed by atoms with Crippen LogP contribution in [0.25, 0.3) is 0 Å². The molecule has 6 heteroatoms. The first-order chi connectivity index (χ1) is 10.6. The Morgan fingerprint density at radius 3 is 2.86 bits per heavy atom. The maximum absolute atomic E-state index is 11.9. The van der Waals surface area contributed by atoms with Crippen molar-refractivity contribution in [2.45, 2.75) is 31.8 Å². The minimum Gasteiger partial charge on any atom is -0.497 e. The number of ketones is 1. The van der Waals surface area contributed by atoms with E-state index in [1.165, 1.54) is 7.11 Å². The Labute approximate surface area is 128 Å². The highest BCUT2D eigenvalue weighted by molar-refractivity contribution is 5.96. The lowest BCUT2D eigenvalue weighted by atomic mass is 9.96. The second-order valence-electron chi connectivity index (χ2n) is 5.11. The summed E-state index contributed by atoms with van der Waals surface area (Å²) < 4.78 is 10.1. The Hall–Kier alpha value is -2.37. The van der Waals surface area contributed by atoms with Crippen molar-refractivity contribution >= 4 is 17.7 Å². The Kier molecular flexibility index (Phi) is 5.52. The topological polar surface area (TPSA) is 81.7 Å². The molecule has 0 saturated heterocycles. The number of nitrogens with one attached hydrogen (secondary N) is 1. The van der Waals surface area contributed by atoms with Crippen LogP contribution in [-0.2, 0) is 14.3 Å². The lowest BCUT2D eigenvalue weighted by Gasteiger charge is -2.20. The quantitative estimate of drug-likeness (QED) is 0.833. The van der Waals surface area contributed by atoms with Gasteiger partial charge < -0.3 is 14.8 Å². The SMILES string of the molecule is COc1cccc(C(=O)NCC(=O)O[C@@H]2CCCCC2=O)c1. The highest BCUT2D eigenvalue weighted by atomic mass is 16.5. The van der Waals surface area contributed by atoms with Gasteiger partial charge in [-0.2, -0.15) is 0 Å². The van der Waals surface area contributed by atoms with E-state index in [0.717, 1.165) is 12.8 Å². The molecule has 22 heavy (non-hydrogen) atoms. The number of benzene rings is 1. The van der Waals surface area contributed by atoms with Crippen molar-refractivity contribution in [1.82, 2.24) is 5.32 Å². The molecule has 1 atom stereocenters. The molecule has 0 bridgehead atoms. The van der Waals surface area contributed by atoms with E-state index in [2.05, 4.69) is 5.32 Å². The van der Waals surface area contributed by atoms with Gasteiger partial charge in [0, 0.05) is 12.0 Å². The summed E-state index contributed by atoms with van der Waals surface area (Å²) >= 11 is 0. The molecule has 0 radical (unpaired) electrons. The number of Topliss-reactive ketones (excluding diaryl/α,β-unsaturated/α-hetero) is 1. The van der Waals surface area contributed by atoms with E-state index in [1.807, 2.05) is 0 Å². The van der Waals surface area contributed by atoms with Gasteiger partial charge >= 0.3 is 5.97 Å². The van der Waals surface area contributed by atoms with Gasteiger partial charge in [-0.15, -0.1) is 0 Å². The Morgan fingerprint density at radius 1 is 1.32 bits per heavy atom. The molecule has 1 saturated carbocycles. The van der Waals surface area contributed by atoms with Gasteiger partial charge in [0.25, 0.3) is 5.91 Å². The minimum absolute atomic E-state index is 0.0428. The van der Waals surface area contributed by atoms with Gasteiger partial charge in [-0.25, -0.2) is 0 Å². The second kappa shape index (κ2) is 7.59. The minimum atomic E-state index is -0.657. The van der Waals surface area contributed by atoms with Crippen molar-refractivity contribution in [2.24, 2.45) is 0 Å². The molecule has 6 nitrogen and oxygen atoms in total. The van der Waals surface area contributed by atoms with Gasteiger partial charge in [-0.1, -0.05) is 6.07 Å². The zero-order valence-electron chi connectivity index (χ0n) is 12.5. The molecule has 1 aromatic rings. The average molecular weight is 305 g/mol. The van der Waals surface area contributed by atoms with Crippen LogP contribution in [0.1, 0.15) is 36.0 Å². The highest BCUT2D eigenvalue weighted by Gasteiger charge is 2.25. The van der Waals surface area contributed by atoms with Gasteiger partial charge in [0.05, 0.1) is 7.11 Å². The first-order valence-corrected chi connectivity index (χ1v) is 7.24. The number of rotatable bonds is 5. The summed E-state index contributed by atoms with van der Waals surface area (Å²) in [6.07, 6.45) is 2.08. The van der Waals surface area contributed by atoms with Crippen LogP contribution in [0.4, 0.5) is 0 Å². The van der Waals surface area contributed by atoms with E-state index in [1.54, 1.807) is 24.3 Å². The standard InChI is InChI=1S/C16H19NO5/c1-21-12-6-4-5-11(9-12)16(20)17-10-15(19)22-14-8-3-2-7-13(14)18/h4-6,9,14H,2-3,7-8,10H2,1H3,(H,17,20)/t14-/m1/s1. The van der Waals surface area contributed by atoms with Gasteiger partial charge in [0.1, 0.15) is 12.3 Å². The number of methoxy groups -OCH3 is 1. The summed E-state index contributed by atoms with van der Waals surface area (Å²) in [5.41, 5.74) is 0.390. The van der Waals surface area contributed by atoms with Crippen LogP contribution in [0.5, 0.6) is 5.75 Å². The van der Waals surface area contributed by atoms with E-state index in [4.69, 9.17) is 9.47 Å². The molecule has 1 aliphatic carbocycles. The first-order valence-electron chi connectivity index (χ1n) is 7.24. The van der Waals surface area contributed by atoms with Gasteiger partial charge in [0.2, 0.25) is 0 Å². The summed E-state index contributed by atoms with van der Waals surface area (Å²) in [7, 11) is 1.51. The fraction of sp³-hybridized carbons (Fsp3) is 0.438. The predicted molar refractivity (Wildman–Crippen MR) is 78.7 cm³/mol. The van der Waals surface area contributed by atoms with Crippen LogP contribution in [0, 0.1) is 0 Å². The molecular formula is C16H19NO5. The number of hydrogen-bond donors (Lipinski definition) is 1. The van der Waals surface area contributed by atoms with Crippen molar-refractivity contribution in [2.75, 3.05) is 13.7 Å². The van der Waals surface area contributed by atoms with Gasteiger partial charge in [0.15, 0.2) is 11.9 Å². The van der Waals surface area contributed by atoms with Crippen LogP contribution < -0.4 is 10.1 Å². The third-order valence-corrected chi connectivity index (χ3v) is 3.50. The number of hydrogen-bond acceptors (Lipinski definition) is 5. The van der Waals surface area contributed by atoms with Crippen molar-refractivity contribution < 1.29 is 23.9 Å². The first kappa shape index (κ1) is 16.0. The van der Waals surface area contributed by atoms with Crippen LogP contribution in [0.15, 0.2) is 24.3 Å². The maximum Gasteiger partial charge on any atom is 0.326 e. The van der Waals surface area contributed by atoms with Crippen LogP contribution in [-0.4, -0.2) is 37.4 Å². The summed E-state index contributed by atoms with van der Waals surface area (Å²) in [6, 6.07) is 6.60. The summed E-state index contributed by atoms with van der Waals surface area (Å²) in [4.78, 5) is 35.2. The van der Waals surface area contributed by atoms with E-state index in [0.29, 0.717) is 24.2 Å². The lowest BCUT2D eigenvalue weighted by Crippen LogP contribution is -2.36. The smallest absolute Gasteiger partial charge is 0.326 e. The summed E-state index contributed by atoms with van der Waals surface area (Å²) in [6.45, 7) is -0.264. The Balaban J connectivity index is 1.82. The molecule has 0 aliphatic heterocycles. The molecule has 2 rings (SSSR count). The largest absolute Gasteiger partial charge is 0.497 e. The molecule has 0 unspecified atom stereocenters. The van der Waals surface area contributed by atoms with Gasteiger partial charge in [-0.3, -0.25) is 14.4 Å². The molecule has 0 heterocycles. The van der Waals surface area contributed by atoms with Crippen molar-refractivity contribution in [3.8, 4) is 5.75 Å². The monoisotopic (exact) mass is 305 g/mol. The molecule has 1 fully saturated rings. The van der Waals surface area contributed by atoms with Crippen molar-refractivity contribution in [1.29, 1.82) is 0 Å². The fourth-order valence-corrected chi connectivity index (χ4v) is 2.29. The van der Waals surface area contributed by atoms with Crippen molar-refractivity contribution in [3.63, 3.8) is 0 Å². The van der Waals surface area contributed by atoms with Crippen LogP contribution >= 0.6 is 0 Å². The molecule has 1 aliphatic rings. The summed E-state index contributed by atoms with van der Waals surface area (Å²) in [5.74, 6) is -0.482. The molecule has 118 valence electrons. The fourth-order valence-electron chi connectivity index (χ4n) is 2.29. The van der Waals surface area contributed by atoms with E-state index < -0.39 is 18.0 Å². The van der Waals surface area contributed by atoms with Crippen LogP contribution in [0.2, 0.25) is 0 Å². The number of ether oxygens (including phenoxy) is 2. The van der Waals surface area contributed by atoms with Gasteiger partial charge in [-0.05, 0) is 37.5 Å². The molecular weight excluding hydrogens is 286 g/mol. The number of carbonyl (C=O) groups excluding carboxylic acids is 3. The Morgan fingerprint density at radius 2 is 2.14 bits per heavy atom. The van der Waals surface area contributed by atoms with E-state index >= 15 is 0 Å². The van der Waals surface area contributed by atoms with Crippen LogP contribution in [0.3, 0.4) is 0 Å². The lowest BCUT2D eigenvalue weighted by molar-refractivity contribution is -0.155. The normalized spacial score (nSPS) is 17.7. The maximum atomic E-state index is 11.9. The molecule has 0 spiro atoms. The number of amides is 1. The molecule has 0 aromatic heterocycles. The van der Waals surface area contributed by atoms with E-state index in [-0.39, 0.29) is 12.3 Å². The number of carbonyl (C=O) groups is 3. The third-order valence-electron chi connectivity index (χ3n) is 3.50. The predicted octanol–water partition coefficient (Wildman–Crippen LogP) is 1.48. The second-order valence-corrected chi connectivity index (χ2v) is 5.11. The molecule has 1 amide bonds. The average Bonchev–Trinajstić information content (AvgIpc) is 2.55. The highest BCUT2D eigenvalue weighted by Crippen LogP contribution is 2.17. The van der Waals surface area contributed by atoms with Crippen molar-refractivity contribution in [3.05, 3.63) is 29.8 Å². The zero-order chi connectivity index (χ0) is 15.9. The third kappa shape index (κ3) is 4.31.